The van der Waals surface area contributed by atoms with Crippen molar-refractivity contribution in [2.45, 2.75) is 20.3 Å². The van der Waals surface area contributed by atoms with Crippen molar-refractivity contribution in [3.8, 4) is 0 Å². The summed E-state index contributed by atoms with van der Waals surface area (Å²) in [6.45, 7) is 7.24. The van der Waals surface area contributed by atoms with E-state index in [0.717, 1.165) is 26.1 Å². The van der Waals surface area contributed by atoms with Gasteiger partial charge in [-0.3, -0.25) is 0 Å². The summed E-state index contributed by atoms with van der Waals surface area (Å²) in [5, 5.41) is 12.5. The number of nitrogens with one attached hydrogen (secondary N) is 1. The van der Waals surface area contributed by atoms with Gasteiger partial charge in [-0.05, 0) is 25.1 Å². The summed E-state index contributed by atoms with van der Waals surface area (Å²) in [6.07, 6.45) is 1.10. The van der Waals surface area contributed by atoms with Gasteiger partial charge in [-0.1, -0.05) is 32.0 Å². The van der Waals surface area contributed by atoms with Crippen LogP contribution in [0.4, 0.5) is 5.69 Å². The minimum atomic E-state index is -0.0225. The molecule has 0 aliphatic rings. The van der Waals surface area contributed by atoms with Gasteiger partial charge < -0.3 is 15.3 Å². The highest BCUT2D eigenvalue weighted by molar-refractivity contribution is 5.44. The van der Waals surface area contributed by atoms with Crippen molar-refractivity contribution in [2.24, 2.45) is 5.41 Å². The fraction of sp³-hybridized carbons (Fsp3) is 0.600. The van der Waals surface area contributed by atoms with Gasteiger partial charge in [-0.15, -0.1) is 0 Å². The Kier molecular flexibility index (Phi) is 6.16. The molecule has 1 aromatic carbocycles. The van der Waals surface area contributed by atoms with E-state index >= 15 is 0 Å². The number of hydrogen-bond donors (Lipinski definition) is 2. The lowest BCUT2D eigenvalue weighted by atomic mass is 9.95. The van der Waals surface area contributed by atoms with Gasteiger partial charge >= 0.3 is 0 Å². The van der Waals surface area contributed by atoms with Crippen LogP contribution in [-0.2, 0) is 0 Å². The summed E-state index contributed by atoms with van der Waals surface area (Å²) in [6, 6.07) is 10.4. The van der Waals surface area contributed by atoms with Crippen LogP contribution in [0.1, 0.15) is 20.3 Å². The molecular weight excluding hydrogens is 224 g/mol. The Morgan fingerprint density at radius 2 is 1.89 bits per heavy atom. The molecule has 1 aromatic rings. The second-order valence-electron chi connectivity index (χ2n) is 5.61. The van der Waals surface area contributed by atoms with Gasteiger partial charge in [0.1, 0.15) is 0 Å². The van der Waals surface area contributed by atoms with Crippen molar-refractivity contribution in [3.63, 3.8) is 0 Å². The molecule has 102 valence electrons. The number of aliphatic hydroxyl groups is 1. The van der Waals surface area contributed by atoms with Gasteiger partial charge in [0.15, 0.2) is 0 Å². The van der Waals surface area contributed by atoms with Crippen molar-refractivity contribution in [3.05, 3.63) is 30.3 Å². The zero-order valence-electron chi connectivity index (χ0n) is 11.8. The quantitative estimate of drug-likeness (QED) is 0.694. The first-order valence-corrected chi connectivity index (χ1v) is 6.63. The molecule has 0 atom stereocenters. The second kappa shape index (κ2) is 7.39. The molecule has 0 saturated heterocycles. The van der Waals surface area contributed by atoms with Crippen LogP contribution in [0.5, 0.6) is 0 Å². The van der Waals surface area contributed by atoms with E-state index in [2.05, 4.69) is 55.4 Å². The molecule has 0 aliphatic heterocycles. The van der Waals surface area contributed by atoms with Crippen LogP contribution in [0.2, 0.25) is 0 Å². The molecule has 0 amide bonds. The van der Waals surface area contributed by atoms with E-state index in [0.29, 0.717) is 0 Å². The molecular formula is C15H26N2O. The zero-order valence-corrected chi connectivity index (χ0v) is 11.8. The Hall–Kier alpha value is -1.06. The zero-order chi connectivity index (χ0) is 13.4. The molecule has 3 heteroatoms. The van der Waals surface area contributed by atoms with Gasteiger partial charge in [-0.25, -0.2) is 0 Å². The summed E-state index contributed by atoms with van der Waals surface area (Å²) in [4.78, 5) is 2.26. The summed E-state index contributed by atoms with van der Waals surface area (Å²) >= 11 is 0. The number of rotatable bonds is 8. The third kappa shape index (κ3) is 5.52. The fourth-order valence-corrected chi connectivity index (χ4v) is 1.74. The molecule has 0 bridgehead atoms. The SMILES string of the molecule is CN(CCCNCC(C)(C)CO)c1ccccc1. The number of anilines is 1. The smallest absolute Gasteiger partial charge is 0.0494 e. The lowest BCUT2D eigenvalue weighted by Gasteiger charge is -2.23. The largest absolute Gasteiger partial charge is 0.396 e. The van der Waals surface area contributed by atoms with E-state index < -0.39 is 0 Å². The molecule has 0 aromatic heterocycles. The first kappa shape index (κ1) is 15.0. The Bertz CT molecular complexity index is 325. The van der Waals surface area contributed by atoms with E-state index in [1.54, 1.807) is 0 Å². The van der Waals surface area contributed by atoms with Crippen LogP contribution in [-0.4, -0.2) is 38.4 Å². The highest BCUT2D eigenvalue weighted by Gasteiger charge is 2.14. The van der Waals surface area contributed by atoms with Gasteiger partial charge in [0, 0.05) is 37.8 Å². The molecule has 0 aliphatic carbocycles. The minimum Gasteiger partial charge on any atom is -0.396 e. The van der Waals surface area contributed by atoms with Crippen LogP contribution in [0.15, 0.2) is 30.3 Å². The normalized spacial score (nSPS) is 11.6. The Morgan fingerprint density at radius 3 is 2.50 bits per heavy atom. The van der Waals surface area contributed by atoms with E-state index in [9.17, 15) is 0 Å². The molecule has 1 rings (SSSR count). The molecule has 0 saturated carbocycles. The van der Waals surface area contributed by atoms with Crippen molar-refractivity contribution in [2.75, 3.05) is 38.2 Å². The Morgan fingerprint density at radius 1 is 1.22 bits per heavy atom. The third-order valence-corrected chi connectivity index (χ3v) is 3.08. The van der Waals surface area contributed by atoms with Crippen LogP contribution in [0.3, 0.4) is 0 Å². The van der Waals surface area contributed by atoms with E-state index in [4.69, 9.17) is 5.11 Å². The number of aliphatic hydroxyl groups excluding tert-OH is 1. The van der Waals surface area contributed by atoms with Gasteiger partial charge in [0.2, 0.25) is 0 Å². The summed E-state index contributed by atoms with van der Waals surface area (Å²) in [5.74, 6) is 0. The van der Waals surface area contributed by atoms with Gasteiger partial charge in [0.05, 0.1) is 0 Å². The highest BCUT2D eigenvalue weighted by atomic mass is 16.3. The van der Waals surface area contributed by atoms with Crippen molar-refractivity contribution in [1.29, 1.82) is 0 Å². The predicted octanol–water partition coefficient (Wildman–Crippen LogP) is 2.12. The third-order valence-electron chi connectivity index (χ3n) is 3.08. The van der Waals surface area contributed by atoms with E-state index in [1.165, 1.54) is 5.69 Å². The van der Waals surface area contributed by atoms with Crippen molar-refractivity contribution >= 4 is 5.69 Å². The van der Waals surface area contributed by atoms with Crippen LogP contribution < -0.4 is 10.2 Å². The summed E-state index contributed by atoms with van der Waals surface area (Å²) < 4.78 is 0. The standard InChI is InChI=1S/C15H26N2O/c1-15(2,13-18)12-16-10-7-11-17(3)14-8-5-4-6-9-14/h4-6,8-9,16,18H,7,10-13H2,1-3H3. The molecule has 3 nitrogen and oxygen atoms in total. The molecule has 0 spiro atoms. The minimum absolute atomic E-state index is 0.0225. The number of benzene rings is 1. The molecule has 0 fully saturated rings. The van der Waals surface area contributed by atoms with Crippen LogP contribution in [0, 0.1) is 5.41 Å². The predicted molar refractivity (Wildman–Crippen MR) is 78.1 cm³/mol. The topological polar surface area (TPSA) is 35.5 Å². The molecule has 18 heavy (non-hydrogen) atoms. The summed E-state index contributed by atoms with van der Waals surface area (Å²) in [7, 11) is 2.12. The molecule has 0 radical (unpaired) electrons. The lowest BCUT2D eigenvalue weighted by Crippen LogP contribution is -2.33. The van der Waals surface area contributed by atoms with Crippen molar-refractivity contribution < 1.29 is 5.11 Å². The monoisotopic (exact) mass is 250 g/mol. The van der Waals surface area contributed by atoms with E-state index in [1.807, 2.05) is 6.07 Å². The average molecular weight is 250 g/mol. The van der Waals surface area contributed by atoms with E-state index in [-0.39, 0.29) is 12.0 Å². The van der Waals surface area contributed by atoms with Crippen LogP contribution in [0.25, 0.3) is 0 Å². The van der Waals surface area contributed by atoms with Crippen molar-refractivity contribution in [1.82, 2.24) is 5.32 Å². The first-order chi connectivity index (χ1) is 8.55. The summed E-state index contributed by atoms with van der Waals surface area (Å²) in [5.41, 5.74) is 1.24. The number of nitrogens with zero attached hydrogens (tertiary/aromatic N) is 1. The fourth-order valence-electron chi connectivity index (χ4n) is 1.74. The van der Waals surface area contributed by atoms with Crippen LogP contribution >= 0.6 is 0 Å². The highest BCUT2D eigenvalue weighted by Crippen LogP contribution is 2.12. The number of hydrogen-bond acceptors (Lipinski definition) is 3. The Balaban J connectivity index is 2.15. The molecule has 0 unspecified atom stereocenters. The molecule has 0 heterocycles. The van der Waals surface area contributed by atoms with Gasteiger partial charge in [0.25, 0.3) is 0 Å². The first-order valence-electron chi connectivity index (χ1n) is 6.63. The maximum Gasteiger partial charge on any atom is 0.0494 e. The van der Waals surface area contributed by atoms with Gasteiger partial charge in [-0.2, -0.15) is 0 Å². The lowest BCUT2D eigenvalue weighted by molar-refractivity contribution is 0.157. The number of para-hydroxylation sites is 1. The molecule has 2 N–H and O–H groups in total. The average Bonchev–Trinajstić information content (AvgIpc) is 2.39. The second-order valence-corrected chi connectivity index (χ2v) is 5.61. The maximum absolute atomic E-state index is 9.14. The Labute approximate surface area is 111 Å². The maximum atomic E-state index is 9.14.